The average Bonchev–Trinajstić information content (AvgIpc) is 3.42. The number of benzene rings is 1. The molecule has 0 saturated heterocycles. The van der Waals surface area contributed by atoms with Gasteiger partial charge in [0.15, 0.2) is 20.1 Å². The summed E-state index contributed by atoms with van der Waals surface area (Å²) in [6, 6.07) is 6.07. The molecule has 2 saturated carbocycles. The van der Waals surface area contributed by atoms with E-state index in [0.717, 1.165) is 6.20 Å². The maximum Gasteiger partial charge on any atom is 0.233 e. The average molecular weight is 459 g/mol. The van der Waals surface area contributed by atoms with E-state index in [2.05, 4.69) is 10.3 Å². The summed E-state index contributed by atoms with van der Waals surface area (Å²) in [7, 11) is -3.36. The number of nitrogens with one attached hydrogen (secondary N) is 1. The summed E-state index contributed by atoms with van der Waals surface area (Å²) in [5, 5.41) is 1.75. The van der Waals surface area contributed by atoms with Gasteiger partial charge in [0.25, 0.3) is 0 Å². The van der Waals surface area contributed by atoms with Gasteiger partial charge in [0.2, 0.25) is 5.91 Å². The van der Waals surface area contributed by atoms with Crippen molar-refractivity contribution in [1.29, 1.82) is 0 Å². The lowest BCUT2D eigenvalue weighted by Crippen LogP contribution is -2.23. The first kappa shape index (κ1) is 21.3. The second-order valence-electron chi connectivity index (χ2n) is 7.93. The summed E-state index contributed by atoms with van der Waals surface area (Å²) in [5.74, 6) is -1.56. The van der Waals surface area contributed by atoms with Crippen molar-refractivity contribution in [1.82, 2.24) is 4.98 Å². The van der Waals surface area contributed by atoms with E-state index in [0.29, 0.717) is 29.7 Å². The first-order valence-corrected chi connectivity index (χ1v) is 12.1. The SMILES string of the molecule is O=C(Nc1ncc(F)s1)C(CC1C[C@@H](F)[C@@H](F)C1)c1ccc(S(=O)(=O)C2CC2)cc1. The highest BCUT2D eigenvalue weighted by Gasteiger charge is 2.38. The lowest BCUT2D eigenvalue weighted by atomic mass is 9.87. The largest absolute Gasteiger partial charge is 0.301 e. The van der Waals surface area contributed by atoms with Crippen LogP contribution in [0.5, 0.6) is 0 Å². The van der Waals surface area contributed by atoms with Crippen LogP contribution in [-0.4, -0.2) is 36.9 Å². The van der Waals surface area contributed by atoms with Gasteiger partial charge in [-0.05, 0) is 55.7 Å². The zero-order valence-corrected chi connectivity index (χ0v) is 17.6. The molecule has 10 heteroatoms. The van der Waals surface area contributed by atoms with Crippen molar-refractivity contribution in [3.63, 3.8) is 0 Å². The molecule has 4 rings (SSSR count). The highest BCUT2D eigenvalue weighted by atomic mass is 32.2. The van der Waals surface area contributed by atoms with Crippen molar-refractivity contribution in [2.45, 2.75) is 60.5 Å². The third-order valence-electron chi connectivity index (χ3n) is 5.68. The van der Waals surface area contributed by atoms with Gasteiger partial charge in [-0.25, -0.2) is 22.2 Å². The van der Waals surface area contributed by atoms with E-state index >= 15 is 0 Å². The smallest absolute Gasteiger partial charge is 0.233 e. The van der Waals surface area contributed by atoms with Crippen molar-refractivity contribution in [3.8, 4) is 0 Å². The molecule has 0 aliphatic heterocycles. The van der Waals surface area contributed by atoms with Gasteiger partial charge in [-0.3, -0.25) is 4.79 Å². The number of alkyl halides is 2. The summed E-state index contributed by atoms with van der Waals surface area (Å²) in [5.41, 5.74) is 0.539. The van der Waals surface area contributed by atoms with Crippen LogP contribution in [0.1, 0.15) is 43.6 Å². The fourth-order valence-corrected chi connectivity index (χ4v) is 6.12. The molecule has 0 spiro atoms. The van der Waals surface area contributed by atoms with Gasteiger partial charge in [0.05, 0.1) is 22.3 Å². The van der Waals surface area contributed by atoms with E-state index in [1.54, 1.807) is 12.1 Å². The molecule has 2 aromatic rings. The molecule has 1 heterocycles. The number of hydrogen-bond donors (Lipinski definition) is 1. The standard InChI is InChI=1S/C20H21F3N2O3S2/c21-16-8-11(9-17(16)22)7-15(19(26)25-20-24-10-18(23)29-20)12-1-3-13(4-2-12)30(27,28)14-5-6-14/h1-4,10-11,14-17H,5-9H2,(H,24,25,26)/t11?,15?,16-,17+. The number of nitrogens with zero attached hydrogens (tertiary/aromatic N) is 1. The maximum absolute atomic E-state index is 13.6. The molecule has 2 aliphatic rings. The molecule has 1 aromatic carbocycles. The molecule has 5 nitrogen and oxygen atoms in total. The van der Waals surface area contributed by atoms with Crippen molar-refractivity contribution < 1.29 is 26.4 Å². The summed E-state index contributed by atoms with van der Waals surface area (Å²) in [6.07, 6.45) is -0.530. The number of rotatable bonds is 7. The molecule has 1 amide bonds. The molecule has 0 radical (unpaired) electrons. The number of halogens is 3. The van der Waals surface area contributed by atoms with Crippen LogP contribution >= 0.6 is 11.3 Å². The van der Waals surface area contributed by atoms with Crippen LogP contribution in [0.3, 0.4) is 0 Å². The van der Waals surface area contributed by atoms with E-state index in [9.17, 15) is 26.4 Å². The Morgan fingerprint density at radius 3 is 2.33 bits per heavy atom. The van der Waals surface area contributed by atoms with Gasteiger partial charge in [-0.1, -0.05) is 23.5 Å². The number of carbonyl (C=O) groups is 1. The van der Waals surface area contributed by atoms with Gasteiger partial charge in [0.1, 0.15) is 12.3 Å². The molecule has 2 fully saturated rings. The van der Waals surface area contributed by atoms with E-state index < -0.39 is 39.1 Å². The summed E-state index contributed by atoms with van der Waals surface area (Å²) < 4.78 is 65.3. The first-order chi connectivity index (χ1) is 14.2. The number of thiazole rings is 1. The monoisotopic (exact) mass is 458 g/mol. The number of aromatic nitrogens is 1. The normalized spacial score (nSPS) is 25.2. The van der Waals surface area contributed by atoms with Crippen LogP contribution in [0.25, 0.3) is 0 Å². The molecular weight excluding hydrogens is 437 g/mol. The molecule has 30 heavy (non-hydrogen) atoms. The van der Waals surface area contributed by atoms with E-state index in [4.69, 9.17) is 0 Å². The minimum atomic E-state index is -3.36. The highest BCUT2D eigenvalue weighted by Crippen LogP contribution is 2.39. The Kier molecular flexibility index (Phi) is 5.89. The van der Waals surface area contributed by atoms with Gasteiger partial charge in [0, 0.05) is 0 Å². The Bertz CT molecular complexity index is 1010. The number of carbonyl (C=O) groups excluding carboxylic acids is 1. The van der Waals surface area contributed by atoms with Gasteiger partial charge >= 0.3 is 0 Å². The predicted octanol–water partition coefficient (Wildman–Crippen LogP) is 4.42. The van der Waals surface area contributed by atoms with Crippen molar-refractivity contribution in [3.05, 3.63) is 41.2 Å². The third kappa shape index (κ3) is 4.54. The second-order valence-corrected chi connectivity index (χ2v) is 11.1. The number of sulfone groups is 1. The fourth-order valence-electron chi connectivity index (χ4n) is 3.91. The lowest BCUT2D eigenvalue weighted by Gasteiger charge is -2.20. The van der Waals surface area contributed by atoms with Crippen LogP contribution in [0.15, 0.2) is 35.4 Å². The van der Waals surface area contributed by atoms with Crippen molar-refractivity contribution in [2.24, 2.45) is 5.92 Å². The maximum atomic E-state index is 13.6. The van der Waals surface area contributed by atoms with E-state index in [-0.39, 0.29) is 40.5 Å². The Morgan fingerprint density at radius 2 is 1.80 bits per heavy atom. The fraction of sp³-hybridized carbons (Fsp3) is 0.500. The number of anilines is 1. The van der Waals surface area contributed by atoms with Gasteiger partial charge in [-0.2, -0.15) is 4.39 Å². The quantitative estimate of drug-likeness (QED) is 0.667. The van der Waals surface area contributed by atoms with Crippen LogP contribution in [0, 0.1) is 11.0 Å². The molecule has 2 unspecified atom stereocenters. The van der Waals surface area contributed by atoms with E-state index in [1.807, 2.05) is 0 Å². The topological polar surface area (TPSA) is 76.1 Å². The Balaban J connectivity index is 1.56. The van der Waals surface area contributed by atoms with Crippen LogP contribution < -0.4 is 5.32 Å². The minimum Gasteiger partial charge on any atom is -0.301 e. The van der Waals surface area contributed by atoms with Crippen LogP contribution in [0.2, 0.25) is 0 Å². The van der Waals surface area contributed by atoms with E-state index in [1.165, 1.54) is 12.1 Å². The second kappa shape index (κ2) is 8.30. The molecule has 1 aromatic heterocycles. The third-order valence-corrected chi connectivity index (χ3v) is 8.66. The number of hydrogen-bond acceptors (Lipinski definition) is 5. The predicted molar refractivity (Wildman–Crippen MR) is 107 cm³/mol. The Labute approximate surface area is 176 Å². The summed E-state index contributed by atoms with van der Waals surface area (Å²) in [4.78, 5) is 16.9. The van der Waals surface area contributed by atoms with Crippen LogP contribution in [0.4, 0.5) is 18.3 Å². The lowest BCUT2D eigenvalue weighted by molar-refractivity contribution is -0.118. The first-order valence-electron chi connectivity index (χ1n) is 9.78. The van der Waals surface area contributed by atoms with Crippen molar-refractivity contribution >= 4 is 32.2 Å². The summed E-state index contributed by atoms with van der Waals surface area (Å²) in [6.45, 7) is 0. The van der Waals surface area contributed by atoms with Gasteiger partial charge in [-0.15, -0.1) is 0 Å². The Hall–Kier alpha value is -1.94. The molecule has 4 atom stereocenters. The molecule has 2 aliphatic carbocycles. The minimum absolute atomic E-state index is 0.0327. The summed E-state index contributed by atoms with van der Waals surface area (Å²) >= 11 is 0.679. The highest BCUT2D eigenvalue weighted by molar-refractivity contribution is 7.92. The van der Waals surface area contributed by atoms with Crippen LogP contribution in [-0.2, 0) is 14.6 Å². The molecule has 162 valence electrons. The number of amides is 1. The molecule has 0 bridgehead atoms. The molecule has 1 N–H and O–H groups in total. The zero-order valence-electron chi connectivity index (χ0n) is 15.9. The zero-order chi connectivity index (χ0) is 21.5. The Morgan fingerprint density at radius 1 is 1.17 bits per heavy atom. The van der Waals surface area contributed by atoms with Gasteiger partial charge < -0.3 is 5.32 Å². The molecular formula is C20H21F3N2O3S2. The van der Waals surface area contributed by atoms with Crippen molar-refractivity contribution in [2.75, 3.05) is 5.32 Å².